The monoisotopic (exact) mass is 338 g/mol. The summed E-state index contributed by atoms with van der Waals surface area (Å²) in [5.74, 6) is 0.596. The van der Waals surface area contributed by atoms with Gasteiger partial charge in [0.25, 0.3) is 0 Å². The van der Waals surface area contributed by atoms with Crippen LogP contribution < -0.4 is 5.32 Å². The van der Waals surface area contributed by atoms with Gasteiger partial charge in [0.2, 0.25) is 11.8 Å². The van der Waals surface area contributed by atoms with E-state index < -0.39 is 0 Å². The Kier molecular flexibility index (Phi) is 6.89. The van der Waals surface area contributed by atoms with Crippen molar-refractivity contribution in [3.63, 3.8) is 0 Å². The maximum absolute atomic E-state index is 13.2. The van der Waals surface area contributed by atoms with Crippen LogP contribution in [0, 0.1) is 11.7 Å². The highest BCUT2D eigenvalue weighted by atomic mass is 32.2. The molecule has 1 fully saturated rings. The Labute approximate surface area is 140 Å². The molecule has 1 aromatic rings. The van der Waals surface area contributed by atoms with Gasteiger partial charge in [0.05, 0.1) is 5.92 Å². The van der Waals surface area contributed by atoms with E-state index in [1.54, 1.807) is 22.7 Å². The van der Waals surface area contributed by atoms with Crippen LogP contribution in [0.2, 0.25) is 0 Å². The fourth-order valence-electron chi connectivity index (χ4n) is 2.72. The Morgan fingerprint density at radius 1 is 1.48 bits per heavy atom. The molecular weight excluding hydrogens is 315 g/mol. The van der Waals surface area contributed by atoms with Gasteiger partial charge in [-0.05, 0) is 36.8 Å². The molecule has 0 saturated carbocycles. The maximum Gasteiger partial charge on any atom is 0.224 e. The molecule has 1 heterocycles. The molecule has 23 heavy (non-hydrogen) atoms. The Bertz CT molecular complexity index is 553. The Hall–Kier alpha value is -1.56. The Balaban J connectivity index is 1.85. The van der Waals surface area contributed by atoms with Crippen molar-refractivity contribution in [1.29, 1.82) is 0 Å². The first kappa shape index (κ1) is 17.8. The molecule has 1 atom stereocenters. The van der Waals surface area contributed by atoms with E-state index in [1.807, 2.05) is 12.3 Å². The van der Waals surface area contributed by atoms with Crippen molar-refractivity contribution in [2.45, 2.75) is 19.3 Å². The molecule has 0 spiro atoms. The number of rotatable bonds is 7. The molecule has 4 nitrogen and oxygen atoms in total. The van der Waals surface area contributed by atoms with Crippen LogP contribution >= 0.6 is 11.8 Å². The van der Waals surface area contributed by atoms with Gasteiger partial charge in [-0.2, -0.15) is 11.8 Å². The average Bonchev–Trinajstić information content (AvgIpc) is 2.54. The molecule has 1 N–H and O–H groups in total. The molecule has 0 aliphatic carbocycles. The molecular formula is C17H23FN2O2S. The van der Waals surface area contributed by atoms with Crippen LogP contribution in [0.4, 0.5) is 4.39 Å². The minimum atomic E-state index is -0.265. The summed E-state index contributed by atoms with van der Waals surface area (Å²) in [6.45, 7) is 1.64. The maximum atomic E-state index is 13.2. The van der Waals surface area contributed by atoms with E-state index in [-0.39, 0.29) is 23.5 Å². The zero-order valence-corrected chi connectivity index (χ0v) is 14.2. The normalized spacial score (nSPS) is 18.1. The third-order valence-corrected chi connectivity index (χ3v) is 4.65. The largest absolute Gasteiger partial charge is 0.355 e. The number of carbonyl (C=O) groups excluding carboxylic acids is 2. The predicted molar refractivity (Wildman–Crippen MR) is 90.8 cm³/mol. The van der Waals surface area contributed by atoms with E-state index in [4.69, 9.17) is 0 Å². The lowest BCUT2D eigenvalue weighted by Crippen LogP contribution is -2.46. The minimum Gasteiger partial charge on any atom is -0.355 e. The first-order valence-corrected chi connectivity index (χ1v) is 9.28. The molecule has 0 radical (unpaired) electrons. The van der Waals surface area contributed by atoms with E-state index in [2.05, 4.69) is 5.32 Å². The second kappa shape index (κ2) is 8.91. The zero-order chi connectivity index (χ0) is 16.7. The number of nitrogens with zero attached hydrogens (tertiary/aromatic N) is 1. The molecule has 0 aromatic heterocycles. The van der Waals surface area contributed by atoms with Gasteiger partial charge in [-0.1, -0.05) is 12.1 Å². The second-order valence-electron chi connectivity index (χ2n) is 5.74. The lowest BCUT2D eigenvalue weighted by atomic mass is 9.96. The van der Waals surface area contributed by atoms with Crippen LogP contribution in [0.3, 0.4) is 0 Å². The third-order valence-electron chi connectivity index (χ3n) is 4.04. The summed E-state index contributed by atoms with van der Waals surface area (Å²) in [5, 5.41) is 2.92. The zero-order valence-electron chi connectivity index (χ0n) is 13.4. The van der Waals surface area contributed by atoms with Gasteiger partial charge in [0, 0.05) is 31.8 Å². The minimum absolute atomic E-state index is 0.0299. The number of hydrogen-bond donors (Lipinski definition) is 1. The van der Waals surface area contributed by atoms with E-state index in [9.17, 15) is 14.0 Å². The Morgan fingerprint density at radius 3 is 3.04 bits per heavy atom. The molecule has 0 unspecified atom stereocenters. The van der Waals surface area contributed by atoms with Crippen molar-refractivity contribution in [2.24, 2.45) is 5.92 Å². The summed E-state index contributed by atoms with van der Waals surface area (Å²) in [7, 11) is 0. The quantitative estimate of drug-likeness (QED) is 0.775. The van der Waals surface area contributed by atoms with Crippen LogP contribution in [-0.4, -0.2) is 48.4 Å². The number of amides is 2. The van der Waals surface area contributed by atoms with Crippen LogP contribution in [0.25, 0.3) is 0 Å². The number of piperidine rings is 1. The summed E-state index contributed by atoms with van der Waals surface area (Å²) in [4.78, 5) is 25.9. The van der Waals surface area contributed by atoms with Gasteiger partial charge in [-0.25, -0.2) is 4.39 Å². The fraction of sp³-hybridized carbons (Fsp3) is 0.529. The van der Waals surface area contributed by atoms with E-state index in [0.29, 0.717) is 38.9 Å². The number of nitrogens with one attached hydrogen (secondary N) is 1. The third kappa shape index (κ3) is 5.53. The standard InChI is InChI=1S/C17H23FN2O2S/c1-23-10-8-19-17(22)14-5-6-16(21)20(12-14)9-7-13-3-2-4-15(18)11-13/h2-4,11,14H,5-10,12H2,1H3,(H,19,22)/t14-/m1/s1. The molecule has 1 saturated heterocycles. The van der Waals surface area contributed by atoms with E-state index in [1.165, 1.54) is 12.1 Å². The Morgan fingerprint density at radius 2 is 2.30 bits per heavy atom. The highest BCUT2D eigenvalue weighted by molar-refractivity contribution is 7.98. The van der Waals surface area contributed by atoms with Gasteiger partial charge < -0.3 is 10.2 Å². The summed E-state index contributed by atoms with van der Waals surface area (Å²) >= 11 is 1.69. The molecule has 6 heteroatoms. The number of likely N-dealkylation sites (tertiary alicyclic amines) is 1. The van der Waals surface area contributed by atoms with Crippen LogP contribution in [0.1, 0.15) is 18.4 Å². The molecule has 1 aromatic carbocycles. The summed E-state index contributed by atoms with van der Waals surface area (Å²) in [6, 6.07) is 6.42. The van der Waals surface area contributed by atoms with E-state index in [0.717, 1.165) is 11.3 Å². The van der Waals surface area contributed by atoms with Gasteiger partial charge in [-0.15, -0.1) is 0 Å². The van der Waals surface area contributed by atoms with Crippen molar-refractivity contribution in [2.75, 3.05) is 31.6 Å². The van der Waals surface area contributed by atoms with Crippen LogP contribution in [0.5, 0.6) is 0 Å². The van der Waals surface area contributed by atoms with Crippen molar-refractivity contribution in [3.8, 4) is 0 Å². The van der Waals surface area contributed by atoms with Crippen LogP contribution in [-0.2, 0) is 16.0 Å². The molecule has 0 bridgehead atoms. The highest BCUT2D eigenvalue weighted by Crippen LogP contribution is 2.18. The second-order valence-corrected chi connectivity index (χ2v) is 6.72. The SMILES string of the molecule is CSCCNC(=O)[C@@H]1CCC(=O)N(CCc2cccc(F)c2)C1. The van der Waals surface area contributed by atoms with Crippen molar-refractivity contribution in [3.05, 3.63) is 35.6 Å². The number of thioether (sulfide) groups is 1. The van der Waals surface area contributed by atoms with Gasteiger partial charge in [0.15, 0.2) is 0 Å². The number of halogens is 1. The van der Waals surface area contributed by atoms with Crippen molar-refractivity contribution >= 4 is 23.6 Å². The first-order valence-electron chi connectivity index (χ1n) is 7.89. The molecule has 1 aliphatic heterocycles. The molecule has 2 rings (SSSR count). The number of hydrogen-bond acceptors (Lipinski definition) is 3. The van der Waals surface area contributed by atoms with Gasteiger partial charge >= 0.3 is 0 Å². The van der Waals surface area contributed by atoms with Crippen molar-refractivity contribution < 1.29 is 14.0 Å². The van der Waals surface area contributed by atoms with Gasteiger partial charge in [0.1, 0.15) is 5.82 Å². The molecule has 2 amide bonds. The highest BCUT2D eigenvalue weighted by Gasteiger charge is 2.29. The van der Waals surface area contributed by atoms with Crippen LogP contribution in [0.15, 0.2) is 24.3 Å². The average molecular weight is 338 g/mol. The summed E-state index contributed by atoms with van der Waals surface area (Å²) < 4.78 is 13.2. The topological polar surface area (TPSA) is 49.4 Å². The molecule has 126 valence electrons. The lowest BCUT2D eigenvalue weighted by molar-refractivity contribution is -0.138. The number of benzene rings is 1. The summed E-state index contributed by atoms with van der Waals surface area (Å²) in [6.07, 6.45) is 3.62. The smallest absolute Gasteiger partial charge is 0.224 e. The predicted octanol–water partition coefficient (Wildman–Crippen LogP) is 2.09. The number of carbonyl (C=O) groups is 2. The fourth-order valence-corrected chi connectivity index (χ4v) is 3.03. The van der Waals surface area contributed by atoms with E-state index >= 15 is 0 Å². The first-order chi connectivity index (χ1) is 11.1. The lowest BCUT2D eigenvalue weighted by Gasteiger charge is -2.32. The molecule has 1 aliphatic rings. The van der Waals surface area contributed by atoms with Crippen molar-refractivity contribution in [1.82, 2.24) is 10.2 Å². The van der Waals surface area contributed by atoms with Gasteiger partial charge in [-0.3, -0.25) is 9.59 Å². The summed E-state index contributed by atoms with van der Waals surface area (Å²) in [5.41, 5.74) is 0.865.